The van der Waals surface area contributed by atoms with E-state index in [1.807, 2.05) is 0 Å². The molecule has 36 heavy (non-hydrogen) atoms. The summed E-state index contributed by atoms with van der Waals surface area (Å²) >= 11 is 0. The van der Waals surface area contributed by atoms with Gasteiger partial charge in [0.2, 0.25) is 20.0 Å². The Labute approximate surface area is 213 Å². The van der Waals surface area contributed by atoms with Crippen molar-refractivity contribution in [3.8, 4) is 11.5 Å². The van der Waals surface area contributed by atoms with Crippen molar-refractivity contribution in [2.75, 3.05) is 47.4 Å². The summed E-state index contributed by atoms with van der Waals surface area (Å²) in [6.45, 7) is 3.39. The lowest BCUT2D eigenvalue weighted by Gasteiger charge is -2.30. The van der Waals surface area contributed by atoms with Crippen molar-refractivity contribution in [3.05, 3.63) is 48.0 Å². The van der Waals surface area contributed by atoms with Crippen molar-refractivity contribution in [1.29, 1.82) is 0 Å². The van der Waals surface area contributed by atoms with Crippen molar-refractivity contribution in [2.45, 2.75) is 29.6 Å². The first-order chi connectivity index (χ1) is 17.0. The van der Waals surface area contributed by atoms with Crippen molar-refractivity contribution >= 4 is 26.0 Å². The lowest BCUT2D eigenvalue weighted by atomic mass is 9.98. The van der Waals surface area contributed by atoms with Gasteiger partial charge in [0.1, 0.15) is 18.1 Å². The summed E-state index contributed by atoms with van der Waals surface area (Å²) in [7, 11) is -3.12. The van der Waals surface area contributed by atoms with Gasteiger partial charge in [-0.3, -0.25) is 4.79 Å². The van der Waals surface area contributed by atoms with E-state index in [-0.39, 0.29) is 34.4 Å². The molecule has 10 nitrogen and oxygen atoms in total. The molecule has 2 aromatic carbocycles. The average Bonchev–Trinajstić information content (AvgIpc) is 2.86. The van der Waals surface area contributed by atoms with Gasteiger partial charge in [0.15, 0.2) is 0 Å². The van der Waals surface area contributed by atoms with Crippen LogP contribution in [0.4, 0.5) is 0 Å². The number of sulfonamides is 2. The van der Waals surface area contributed by atoms with Gasteiger partial charge >= 0.3 is 0 Å². The Bertz CT molecular complexity index is 1270. The van der Waals surface area contributed by atoms with Gasteiger partial charge in [-0.15, -0.1) is 0 Å². The minimum Gasteiger partial charge on any atom is -0.496 e. The van der Waals surface area contributed by atoms with E-state index >= 15 is 0 Å². The number of methoxy groups -OCH3 is 1. The number of ether oxygens (including phenoxy) is 2. The van der Waals surface area contributed by atoms with Crippen LogP contribution in [-0.4, -0.2) is 79.4 Å². The molecule has 0 saturated carbocycles. The monoisotopic (exact) mass is 539 g/mol. The first-order valence-corrected chi connectivity index (χ1v) is 14.5. The fourth-order valence-electron chi connectivity index (χ4n) is 3.75. The number of amides is 1. The van der Waals surface area contributed by atoms with Crippen LogP contribution in [0, 0.1) is 5.92 Å². The Morgan fingerprint density at radius 1 is 1.03 bits per heavy atom. The van der Waals surface area contributed by atoms with E-state index in [4.69, 9.17) is 9.47 Å². The summed E-state index contributed by atoms with van der Waals surface area (Å²) in [4.78, 5) is 14.9. The van der Waals surface area contributed by atoms with Crippen LogP contribution in [0.5, 0.6) is 11.5 Å². The molecule has 1 amide bonds. The zero-order valence-electron chi connectivity index (χ0n) is 20.9. The van der Waals surface area contributed by atoms with E-state index in [0.717, 1.165) is 17.1 Å². The summed E-state index contributed by atoms with van der Waals surface area (Å²) < 4.78 is 64.4. The van der Waals surface area contributed by atoms with Gasteiger partial charge in [-0.25, -0.2) is 25.9 Å². The molecule has 2 aromatic rings. The topological polar surface area (TPSA) is 122 Å². The lowest BCUT2D eigenvalue weighted by Crippen LogP contribution is -2.38. The third kappa shape index (κ3) is 6.55. The van der Waals surface area contributed by atoms with Gasteiger partial charge in [0.25, 0.3) is 5.91 Å². The van der Waals surface area contributed by atoms with Crippen LogP contribution in [0.2, 0.25) is 0 Å². The molecular formula is C24H33N3O7S2. The Hall–Kier alpha value is -2.67. The number of hydrogen-bond donors (Lipinski definition) is 1. The van der Waals surface area contributed by atoms with E-state index in [2.05, 4.69) is 11.6 Å². The quantitative estimate of drug-likeness (QED) is 0.459. The van der Waals surface area contributed by atoms with E-state index in [0.29, 0.717) is 30.5 Å². The number of piperidine rings is 1. The van der Waals surface area contributed by atoms with E-state index < -0.39 is 20.0 Å². The maximum Gasteiger partial charge on any atom is 0.257 e. The molecule has 0 radical (unpaired) electrons. The van der Waals surface area contributed by atoms with Crippen LogP contribution in [0.25, 0.3) is 0 Å². The molecule has 3 rings (SSSR count). The van der Waals surface area contributed by atoms with E-state index in [1.54, 1.807) is 4.90 Å². The number of rotatable bonds is 10. The normalized spacial score (nSPS) is 15.2. The van der Waals surface area contributed by atoms with Crippen LogP contribution in [-0.2, 0) is 20.0 Å². The molecule has 0 aliphatic carbocycles. The molecule has 0 unspecified atom stereocenters. The van der Waals surface area contributed by atoms with Crippen LogP contribution in [0.15, 0.2) is 52.3 Å². The number of likely N-dealkylation sites (tertiary alicyclic amines) is 1. The maximum absolute atomic E-state index is 13.1. The Morgan fingerprint density at radius 2 is 1.64 bits per heavy atom. The first kappa shape index (κ1) is 27.9. The molecule has 1 fully saturated rings. The van der Waals surface area contributed by atoms with Crippen LogP contribution >= 0.6 is 0 Å². The fourth-order valence-corrected chi connectivity index (χ4v) is 5.69. The van der Waals surface area contributed by atoms with Crippen molar-refractivity contribution in [1.82, 2.24) is 13.9 Å². The highest BCUT2D eigenvalue weighted by atomic mass is 32.2. The largest absolute Gasteiger partial charge is 0.496 e. The second kappa shape index (κ2) is 11.6. The molecule has 1 aliphatic rings. The zero-order chi connectivity index (χ0) is 26.5. The predicted molar refractivity (Wildman–Crippen MR) is 135 cm³/mol. The van der Waals surface area contributed by atoms with Crippen LogP contribution in [0.1, 0.15) is 30.1 Å². The highest BCUT2D eigenvalue weighted by molar-refractivity contribution is 7.89. The third-order valence-corrected chi connectivity index (χ3v) is 9.34. The third-order valence-electron chi connectivity index (χ3n) is 6.05. The summed E-state index contributed by atoms with van der Waals surface area (Å²) in [5, 5.41) is 0. The molecular weight excluding hydrogens is 506 g/mol. The molecule has 198 valence electrons. The number of nitrogens with zero attached hydrogens (tertiary/aromatic N) is 2. The number of benzene rings is 2. The molecule has 1 heterocycles. The first-order valence-electron chi connectivity index (χ1n) is 11.6. The summed E-state index contributed by atoms with van der Waals surface area (Å²) in [5.41, 5.74) is 0.207. The number of hydrogen-bond acceptors (Lipinski definition) is 7. The molecule has 12 heteroatoms. The number of carbonyl (C=O) groups is 1. The lowest BCUT2D eigenvalue weighted by molar-refractivity contribution is 0.0693. The minimum absolute atomic E-state index is 0.0207. The highest BCUT2D eigenvalue weighted by Gasteiger charge is 2.26. The van der Waals surface area contributed by atoms with E-state index in [9.17, 15) is 21.6 Å². The Kier molecular flexibility index (Phi) is 8.98. The van der Waals surface area contributed by atoms with Gasteiger partial charge in [-0.1, -0.05) is 6.92 Å². The van der Waals surface area contributed by atoms with Gasteiger partial charge in [0.05, 0.1) is 22.5 Å². The SMILES string of the molecule is COc1ccc(S(=O)(=O)NCCOc2ccc(S(=O)(=O)N(C)C)cc2)cc1C(=O)N1CCC(C)CC1. The standard InChI is InChI=1S/C24H33N3O7S2/c1-18-11-14-27(15-12-18)24(28)22-17-21(9-10-23(22)33-4)35(29,30)25-13-16-34-19-5-7-20(8-6-19)36(31,32)26(2)3/h5-10,17-18,25H,11-16H2,1-4H3. The summed E-state index contributed by atoms with van der Waals surface area (Å²) in [5.74, 6) is 1.03. The zero-order valence-corrected chi connectivity index (χ0v) is 22.6. The number of carbonyl (C=O) groups excluding carboxylic acids is 1. The predicted octanol–water partition coefficient (Wildman–Crippen LogP) is 2.17. The van der Waals surface area contributed by atoms with Gasteiger partial charge in [-0.2, -0.15) is 0 Å². The average molecular weight is 540 g/mol. The molecule has 1 N–H and O–H groups in total. The Balaban J connectivity index is 1.62. The summed E-state index contributed by atoms with van der Waals surface area (Å²) in [6, 6.07) is 10.1. The van der Waals surface area contributed by atoms with Crippen molar-refractivity contribution in [2.24, 2.45) is 5.92 Å². The number of nitrogens with one attached hydrogen (secondary N) is 1. The smallest absolute Gasteiger partial charge is 0.257 e. The molecule has 0 spiro atoms. The highest BCUT2D eigenvalue weighted by Crippen LogP contribution is 2.26. The molecule has 0 atom stereocenters. The fraction of sp³-hybridized carbons (Fsp3) is 0.458. The molecule has 1 aliphatic heterocycles. The second-order valence-electron chi connectivity index (χ2n) is 8.84. The van der Waals surface area contributed by atoms with Crippen molar-refractivity contribution in [3.63, 3.8) is 0 Å². The molecule has 1 saturated heterocycles. The van der Waals surface area contributed by atoms with Gasteiger partial charge in [-0.05, 0) is 61.2 Å². The minimum atomic E-state index is -3.91. The summed E-state index contributed by atoms with van der Waals surface area (Å²) in [6.07, 6.45) is 1.81. The van der Waals surface area contributed by atoms with Crippen LogP contribution in [0.3, 0.4) is 0 Å². The van der Waals surface area contributed by atoms with Gasteiger partial charge in [0, 0.05) is 33.7 Å². The Morgan fingerprint density at radius 3 is 2.22 bits per heavy atom. The maximum atomic E-state index is 13.1. The second-order valence-corrected chi connectivity index (χ2v) is 12.8. The van der Waals surface area contributed by atoms with Crippen molar-refractivity contribution < 1.29 is 31.1 Å². The molecule has 0 aromatic heterocycles. The van der Waals surface area contributed by atoms with E-state index in [1.165, 1.54) is 63.7 Å². The molecule has 0 bridgehead atoms. The van der Waals surface area contributed by atoms with Gasteiger partial charge < -0.3 is 14.4 Å². The van der Waals surface area contributed by atoms with Crippen LogP contribution < -0.4 is 14.2 Å².